The predicted octanol–water partition coefficient (Wildman–Crippen LogP) is 4.96. The van der Waals surface area contributed by atoms with Crippen LogP contribution < -0.4 is 5.32 Å². The highest BCUT2D eigenvalue weighted by Crippen LogP contribution is 2.18. The van der Waals surface area contributed by atoms with Gasteiger partial charge in [-0.05, 0) is 48.7 Å². The summed E-state index contributed by atoms with van der Waals surface area (Å²) in [6.45, 7) is 4.09. The average Bonchev–Trinajstić information content (AvgIpc) is 2.44. The first-order valence-corrected chi connectivity index (χ1v) is 7.56. The first-order chi connectivity index (χ1) is 9.60. The van der Waals surface area contributed by atoms with Gasteiger partial charge >= 0.3 is 0 Å². The summed E-state index contributed by atoms with van der Waals surface area (Å²) < 4.78 is 0.909. The van der Waals surface area contributed by atoms with Crippen molar-refractivity contribution in [2.24, 2.45) is 0 Å². The number of aryl methyl sites for hydroxylation is 2. The molecule has 0 aromatic heterocycles. The number of benzene rings is 2. The number of carbonyl (C=O) groups is 1. The van der Waals surface area contributed by atoms with Crippen LogP contribution in [-0.4, -0.2) is 5.91 Å². The first kappa shape index (κ1) is 14.8. The number of nitrogens with one attached hydrogen (secondary N) is 1. The molecule has 2 aromatic rings. The third-order valence-electron chi connectivity index (χ3n) is 3.19. The average molecular weight is 332 g/mol. The van der Waals surface area contributed by atoms with E-state index < -0.39 is 0 Å². The SMILES string of the molecule is CCCc1ccc(NC(=O)c2cc(Br)ccc2C)cc1. The quantitative estimate of drug-likeness (QED) is 0.842. The zero-order valence-electron chi connectivity index (χ0n) is 11.7. The minimum atomic E-state index is -0.0768. The van der Waals surface area contributed by atoms with Gasteiger partial charge in [-0.2, -0.15) is 0 Å². The van der Waals surface area contributed by atoms with Gasteiger partial charge in [0.15, 0.2) is 0 Å². The molecular formula is C17H18BrNO. The largest absolute Gasteiger partial charge is 0.322 e. The van der Waals surface area contributed by atoms with Crippen LogP contribution in [0, 0.1) is 6.92 Å². The van der Waals surface area contributed by atoms with E-state index in [9.17, 15) is 4.79 Å². The fraction of sp³-hybridized carbons (Fsp3) is 0.235. The Balaban J connectivity index is 2.13. The molecule has 0 fully saturated rings. The van der Waals surface area contributed by atoms with Crippen molar-refractivity contribution in [1.29, 1.82) is 0 Å². The van der Waals surface area contributed by atoms with E-state index in [1.165, 1.54) is 5.56 Å². The molecule has 0 bridgehead atoms. The molecule has 0 radical (unpaired) electrons. The van der Waals surface area contributed by atoms with E-state index in [0.29, 0.717) is 5.56 Å². The van der Waals surface area contributed by atoms with Crippen LogP contribution in [0.1, 0.15) is 34.8 Å². The van der Waals surface area contributed by atoms with Gasteiger partial charge in [0.25, 0.3) is 5.91 Å². The third kappa shape index (κ3) is 3.70. The summed E-state index contributed by atoms with van der Waals surface area (Å²) in [7, 11) is 0. The minimum absolute atomic E-state index is 0.0768. The summed E-state index contributed by atoms with van der Waals surface area (Å²) >= 11 is 3.40. The molecule has 1 amide bonds. The van der Waals surface area contributed by atoms with E-state index in [1.54, 1.807) is 0 Å². The monoisotopic (exact) mass is 331 g/mol. The zero-order chi connectivity index (χ0) is 14.5. The maximum atomic E-state index is 12.3. The maximum absolute atomic E-state index is 12.3. The van der Waals surface area contributed by atoms with Crippen LogP contribution in [0.5, 0.6) is 0 Å². The van der Waals surface area contributed by atoms with Gasteiger partial charge in [-0.1, -0.05) is 47.5 Å². The van der Waals surface area contributed by atoms with Crippen LogP contribution >= 0.6 is 15.9 Å². The smallest absolute Gasteiger partial charge is 0.255 e. The van der Waals surface area contributed by atoms with Gasteiger partial charge in [-0.25, -0.2) is 0 Å². The highest BCUT2D eigenvalue weighted by Gasteiger charge is 2.09. The van der Waals surface area contributed by atoms with E-state index in [4.69, 9.17) is 0 Å². The molecule has 0 unspecified atom stereocenters. The van der Waals surface area contributed by atoms with Crippen LogP contribution in [0.2, 0.25) is 0 Å². The van der Waals surface area contributed by atoms with Crippen LogP contribution in [0.25, 0.3) is 0 Å². The van der Waals surface area contributed by atoms with Gasteiger partial charge in [0, 0.05) is 15.7 Å². The maximum Gasteiger partial charge on any atom is 0.255 e. The molecule has 1 N–H and O–H groups in total. The molecule has 0 saturated heterocycles. The normalized spacial score (nSPS) is 10.3. The number of hydrogen-bond donors (Lipinski definition) is 1. The Labute approximate surface area is 128 Å². The first-order valence-electron chi connectivity index (χ1n) is 6.76. The molecule has 0 aliphatic heterocycles. The highest BCUT2D eigenvalue weighted by molar-refractivity contribution is 9.10. The minimum Gasteiger partial charge on any atom is -0.322 e. The molecule has 0 heterocycles. The topological polar surface area (TPSA) is 29.1 Å². The molecule has 3 heteroatoms. The van der Waals surface area contributed by atoms with E-state index >= 15 is 0 Å². The third-order valence-corrected chi connectivity index (χ3v) is 3.69. The summed E-state index contributed by atoms with van der Waals surface area (Å²) in [5.41, 5.74) is 3.78. The lowest BCUT2D eigenvalue weighted by atomic mass is 10.1. The van der Waals surface area contributed by atoms with E-state index in [0.717, 1.165) is 28.6 Å². The second-order valence-electron chi connectivity index (χ2n) is 4.86. The Bertz CT molecular complexity index is 605. The Hall–Kier alpha value is -1.61. The van der Waals surface area contributed by atoms with E-state index in [-0.39, 0.29) is 5.91 Å². The molecule has 20 heavy (non-hydrogen) atoms. The fourth-order valence-corrected chi connectivity index (χ4v) is 2.44. The number of anilines is 1. The molecular weight excluding hydrogens is 314 g/mol. The molecule has 104 valence electrons. The van der Waals surface area contributed by atoms with Crippen molar-refractivity contribution in [2.75, 3.05) is 5.32 Å². The van der Waals surface area contributed by atoms with Gasteiger partial charge in [0.2, 0.25) is 0 Å². The van der Waals surface area contributed by atoms with Crippen LogP contribution in [0.3, 0.4) is 0 Å². The van der Waals surface area contributed by atoms with Crippen LogP contribution in [0.4, 0.5) is 5.69 Å². The Kier molecular flexibility index (Phi) is 4.96. The van der Waals surface area contributed by atoms with Crippen molar-refractivity contribution in [1.82, 2.24) is 0 Å². The van der Waals surface area contributed by atoms with Crippen molar-refractivity contribution in [3.63, 3.8) is 0 Å². The lowest BCUT2D eigenvalue weighted by molar-refractivity contribution is 0.102. The fourth-order valence-electron chi connectivity index (χ4n) is 2.08. The zero-order valence-corrected chi connectivity index (χ0v) is 13.3. The van der Waals surface area contributed by atoms with Gasteiger partial charge < -0.3 is 5.32 Å². The van der Waals surface area contributed by atoms with Crippen molar-refractivity contribution in [3.8, 4) is 0 Å². The summed E-state index contributed by atoms with van der Waals surface area (Å²) in [6.07, 6.45) is 2.20. The van der Waals surface area contributed by atoms with Crippen molar-refractivity contribution >= 4 is 27.5 Å². The molecule has 0 aliphatic rings. The lowest BCUT2D eigenvalue weighted by Gasteiger charge is -2.09. The Morgan fingerprint density at radius 1 is 1.15 bits per heavy atom. The van der Waals surface area contributed by atoms with Crippen LogP contribution in [0.15, 0.2) is 46.9 Å². The second kappa shape index (κ2) is 6.71. The van der Waals surface area contributed by atoms with Gasteiger partial charge in [0.1, 0.15) is 0 Å². The summed E-state index contributed by atoms with van der Waals surface area (Å²) in [5, 5.41) is 2.94. The van der Waals surface area contributed by atoms with Gasteiger partial charge in [0.05, 0.1) is 0 Å². The molecule has 0 spiro atoms. The number of hydrogen-bond acceptors (Lipinski definition) is 1. The van der Waals surface area contributed by atoms with E-state index in [2.05, 4.69) is 40.3 Å². The molecule has 0 atom stereocenters. The Morgan fingerprint density at radius 2 is 1.85 bits per heavy atom. The lowest BCUT2D eigenvalue weighted by Crippen LogP contribution is -2.13. The predicted molar refractivity (Wildman–Crippen MR) is 87.3 cm³/mol. The number of amides is 1. The summed E-state index contributed by atoms with van der Waals surface area (Å²) in [4.78, 5) is 12.3. The summed E-state index contributed by atoms with van der Waals surface area (Å²) in [5.74, 6) is -0.0768. The molecule has 2 rings (SSSR count). The molecule has 2 nitrogen and oxygen atoms in total. The van der Waals surface area contributed by atoms with Crippen molar-refractivity contribution < 1.29 is 4.79 Å². The molecule has 0 aliphatic carbocycles. The number of halogens is 1. The number of carbonyl (C=O) groups excluding carboxylic acids is 1. The highest BCUT2D eigenvalue weighted by atomic mass is 79.9. The Morgan fingerprint density at radius 3 is 2.50 bits per heavy atom. The van der Waals surface area contributed by atoms with Crippen molar-refractivity contribution in [3.05, 3.63) is 63.6 Å². The van der Waals surface area contributed by atoms with Crippen molar-refractivity contribution in [2.45, 2.75) is 26.7 Å². The molecule has 2 aromatic carbocycles. The van der Waals surface area contributed by atoms with E-state index in [1.807, 2.05) is 37.3 Å². The standard InChI is InChI=1S/C17H18BrNO/c1-3-4-13-6-9-15(10-7-13)19-17(20)16-11-14(18)8-5-12(16)2/h5-11H,3-4H2,1-2H3,(H,19,20). The molecule has 0 saturated carbocycles. The van der Waals surface area contributed by atoms with Gasteiger partial charge in [-0.3, -0.25) is 4.79 Å². The van der Waals surface area contributed by atoms with Gasteiger partial charge in [-0.15, -0.1) is 0 Å². The second-order valence-corrected chi connectivity index (χ2v) is 5.78. The number of rotatable bonds is 4. The van der Waals surface area contributed by atoms with Crippen LogP contribution in [-0.2, 0) is 6.42 Å². The summed E-state index contributed by atoms with van der Waals surface area (Å²) in [6, 6.07) is 13.7.